The summed E-state index contributed by atoms with van der Waals surface area (Å²) < 4.78 is 13.4. The van der Waals surface area contributed by atoms with E-state index in [-0.39, 0.29) is 10.1 Å². The number of halogens is 2. The second kappa shape index (κ2) is 10.4. The van der Waals surface area contributed by atoms with Gasteiger partial charge in [0.1, 0.15) is 5.82 Å². The van der Waals surface area contributed by atoms with Crippen LogP contribution in [0.25, 0.3) is 0 Å². The third kappa shape index (κ3) is 6.72. The van der Waals surface area contributed by atoms with E-state index in [4.69, 9.17) is 23.8 Å². The van der Waals surface area contributed by atoms with Crippen LogP contribution >= 0.6 is 35.2 Å². The number of thiophene rings is 1. The molecule has 0 aliphatic heterocycles. The van der Waals surface area contributed by atoms with Gasteiger partial charge in [-0.05, 0) is 61.8 Å². The van der Waals surface area contributed by atoms with E-state index in [0.717, 1.165) is 17.8 Å². The number of aromatic nitrogens is 2. The zero-order chi connectivity index (χ0) is 21.5. The number of anilines is 2. The lowest BCUT2D eigenvalue weighted by molar-refractivity contribution is 0.628. The van der Waals surface area contributed by atoms with E-state index < -0.39 is 5.82 Å². The highest BCUT2D eigenvalue weighted by atomic mass is 35.5. The molecular weight excluding hydrogens is 443 g/mol. The summed E-state index contributed by atoms with van der Waals surface area (Å²) in [7, 11) is 0. The maximum absolute atomic E-state index is 13.4. The molecule has 10 heteroatoms. The number of nitrogens with zero attached hydrogens (tertiary/aromatic N) is 3. The molecule has 2 aromatic heterocycles. The van der Waals surface area contributed by atoms with E-state index in [1.54, 1.807) is 17.4 Å². The van der Waals surface area contributed by atoms with Gasteiger partial charge in [0.05, 0.1) is 5.02 Å². The van der Waals surface area contributed by atoms with Gasteiger partial charge in [0, 0.05) is 34.9 Å². The summed E-state index contributed by atoms with van der Waals surface area (Å²) >= 11 is 12.9. The van der Waals surface area contributed by atoms with E-state index >= 15 is 0 Å². The Bertz CT molecular complexity index is 1040. The van der Waals surface area contributed by atoms with Crippen molar-refractivity contribution in [2.24, 2.45) is 4.99 Å². The van der Waals surface area contributed by atoms with Crippen molar-refractivity contribution in [2.45, 2.75) is 20.3 Å². The van der Waals surface area contributed by atoms with Crippen molar-refractivity contribution in [2.75, 3.05) is 17.2 Å². The van der Waals surface area contributed by atoms with Crippen LogP contribution in [0.15, 0.2) is 46.8 Å². The summed E-state index contributed by atoms with van der Waals surface area (Å²) in [5, 5.41) is 11.4. The van der Waals surface area contributed by atoms with Gasteiger partial charge in [-0.25, -0.2) is 14.4 Å². The van der Waals surface area contributed by atoms with Crippen LogP contribution < -0.4 is 16.0 Å². The van der Waals surface area contributed by atoms with Crippen LogP contribution in [0.4, 0.5) is 16.0 Å². The first-order valence-corrected chi connectivity index (χ1v) is 10.7. The summed E-state index contributed by atoms with van der Waals surface area (Å²) in [6.45, 7) is 4.34. The number of benzene rings is 1. The first kappa shape index (κ1) is 22.1. The molecule has 0 spiro atoms. The molecule has 0 bridgehead atoms. The summed E-state index contributed by atoms with van der Waals surface area (Å²) in [4.78, 5) is 14.6. The Morgan fingerprint density at radius 3 is 2.60 bits per heavy atom. The molecule has 0 saturated carbocycles. The molecule has 0 atom stereocenters. The molecule has 0 unspecified atom stereocenters. The number of guanidine groups is 1. The van der Waals surface area contributed by atoms with Crippen molar-refractivity contribution in [3.05, 3.63) is 68.9 Å². The molecule has 0 amide bonds. The Hall–Kier alpha value is -2.62. The number of hydrogen-bond acceptors (Lipinski definition) is 5. The van der Waals surface area contributed by atoms with Crippen molar-refractivity contribution in [3.63, 3.8) is 0 Å². The molecular formula is C20H20ClFN6S2. The first-order chi connectivity index (χ1) is 14.4. The third-order valence-corrected chi connectivity index (χ3v) is 5.26. The fraction of sp³-hybridized carbons (Fsp3) is 0.200. The van der Waals surface area contributed by atoms with Gasteiger partial charge in [-0.1, -0.05) is 17.7 Å². The lowest BCUT2D eigenvalue weighted by Crippen LogP contribution is -2.39. The summed E-state index contributed by atoms with van der Waals surface area (Å²) in [5.74, 6) is 0.329. The Morgan fingerprint density at radius 2 is 1.93 bits per heavy atom. The average molecular weight is 463 g/mol. The van der Waals surface area contributed by atoms with Crippen molar-refractivity contribution in [1.82, 2.24) is 15.3 Å². The number of nitrogens with one attached hydrogen (secondary N) is 3. The van der Waals surface area contributed by atoms with Gasteiger partial charge in [0.15, 0.2) is 5.11 Å². The highest BCUT2D eigenvalue weighted by Crippen LogP contribution is 2.19. The first-order valence-electron chi connectivity index (χ1n) is 9.08. The molecule has 2 heterocycles. The van der Waals surface area contributed by atoms with Crippen molar-refractivity contribution >= 4 is 57.9 Å². The van der Waals surface area contributed by atoms with Crippen molar-refractivity contribution in [3.8, 4) is 0 Å². The minimum absolute atomic E-state index is 0.00870. The fourth-order valence-electron chi connectivity index (χ4n) is 2.57. The van der Waals surface area contributed by atoms with Crippen LogP contribution in [-0.4, -0.2) is 27.6 Å². The Morgan fingerprint density at radius 1 is 1.17 bits per heavy atom. The minimum Gasteiger partial charge on any atom is -0.332 e. The van der Waals surface area contributed by atoms with Gasteiger partial charge >= 0.3 is 0 Å². The summed E-state index contributed by atoms with van der Waals surface area (Å²) in [5.41, 5.74) is 2.23. The van der Waals surface area contributed by atoms with Crippen LogP contribution in [0.1, 0.15) is 16.3 Å². The van der Waals surface area contributed by atoms with Gasteiger partial charge in [-0.3, -0.25) is 10.3 Å². The molecule has 0 saturated heterocycles. The predicted molar refractivity (Wildman–Crippen MR) is 126 cm³/mol. The highest BCUT2D eigenvalue weighted by molar-refractivity contribution is 7.80. The second-order valence-corrected chi connectivity index (χ2v) is 8.21. The van der Waals surface area contributed by atoms with Gasteiger partial charge in [-0.15, -0.1) is 11.3 Å². The van der Waals surface area contributed by atoms with Gasteiger partial charge in [0.25, 0.3) is 0 Å². The quantitative estimate of drug-likeness (QED) is 0.283. The predicted octanol–water partition coefficient (Wildman–Crippen LogP) is 4.94. The second-order valence-electron chi connectivity index (χ2n) is 6.37. The molecule has 156 valence electrons. The number of rotatable bonds is 5. The van der Waals surface area contributed by atoms with Gasteiger partial charge in [0.2, 0.25) is 11.9 Å². The smallest absolute Gasteiger partial charge is 0.229 e. The molecule has 0 aliphatic carbocycles. The standard InChI is InChI=1S/C20H20ClFN6S2/c1-12-10-13(2)25-19(24-12)27-18(23-8-7-15-4-3-9-30-15)28-20(29)26-14-5-6-17(22)16(21)11-14/h3-6,9-11H,7-8H2,1-2H3,(H3,23,24,25,26,27,28,29). The van der Waals surface area contributed by atoms with E-state index in [0.29, 0.717) is 24.1 Å². The average Bonchev–Trinajstić information content (AvgIpc) is 3.17. The van der Waals surface area contributed by atoms with Gasteiger partial charge < -0.3 is 10.6 Å². The highest BCUT2D eigenvalue weighted by Gasteiger charge is 2.08. The molecule has 3 aromatic rings. The fourth-order valence-corrected chi connectivity index (χ4v) is 3.67. The monoisotopic (exact) mass is 462 g/mol. The normalized spacial score (nSPS) is 11.3. The van der Waals surface area contributed by atoms with Crippen LogP contribution in [0.5, 0.6) is 0 Å². The number of hydrogen-bond donors (Lipinski definition) is 3. The number of aryl methyl sites for hydroxylation is 2. The summed E-state index contributed by atoms with van der Waals surface area (Å²) in [6, 6.07) is 10.2. The molecule has 0 radical (unpaired) electrons. The van der Waals surface area contributed by atoms with E-state index in [1.807, 2.05) is 31.4 Å². The van der Waals surface area contributed by atoms with Crippen LogP contribution in [0.3, 0.4) is 0 Å². The maximum Gasteiger partial charge on any atom is 0.229 e. The minimum atomic E-state index is -0.495. The van der Waals surface area contributed by atoms with E-state index in [9.17, 15) is 4.39 Å². The van der Waals surface area contributed by atoms with Crippen LogP contribution in [0.2, 0.25) is 5.02 Å². The van der Waals surface area contributed by atoms with Crippen molar-refractivity contribution in [1.29, 1.82) is 0 Å². The molecule has 3 rings (SSSR count). The van der Waals surface area contributed by atoms with Gasteiger partial charge in [-0.2, -0.15) is 0 Å². The lowest BCUT2D eigenvalue weighted by Gasteiger charge is -2.14. The van der Waals surface area contributed by atoms with Crippen LogP contribution in [0, 0.1) is 19.7 Å². The van der Waals surface area contributed by atoms with E-state index in [1.165, 1.54) is 17.0 Å². The van der Waals surface area contributed by atoms with Crippen LogP contribution in [-0.2, 0) is 6.42 Å². The number of thiocarbonyl (C=S) groups is 1. The topological polar surface area (TPSA) is 74.2 Å². The summed E-state index contributed by atoms with van der Waals surface area (Å²) in [6.07, 6.45) is 0.798. The molecule has 6 nitrogen and oxygen atoms in total. The zero-order valence-electron chi connectivity index (χ0n) is 16.4. The largest absolute Gasteiger partial charge is 0.332 e. The molecule has 1 aromatic carbocycles. The third-order valence-electron chi connectivity index (χ3n) is 3.83. The van der Waals surface area contributed by atoms with E-state index in [2.05, 4.69) is 37.0 Å². The van der Waals surface area contributed by atoms with Crippen molar-refractivity contribution < 1.29 is 4.39 Å². The Labute approximate surface area is 188 Å². The molecule has 0 fully saturated rings. The number of aliphatic imine (C=N–C) groups is 1. The molecule has 3 N–H and O–H groups in total. The Balaban J connectivity index is 1.71. The SMILES string of the molecule is Cc1cc(C)nc(NC(=NCCc2cccs2)NC(=S)Nc2ccc(F)c(Cl)c2)n1. The zero-order valence-corrected chi connectivity index (χ0v) is 18.8. The molecule has 0 aliphatic rings. The molecule has 30 heavy (non-hydrogen) atoms. The Kier molecular flexibility index (Phi) is 7.67. The lowest BCUT2D eigenvalue weighted by atomic mass is 10.3. The maximum atomic E-state index is 13.4.